The molecule has 0 aliphatic heterocycles. The first kappa shape index (κ1) is 25.6. The molecule has 4 nitrogen and oxygen atoms in total. The standard InChI is InChI=1S/C22H44O4/c1-3-4-5-6-7-8-9-10-11-12-13-14-15-16-17-19(2)21(25)22(26)20(24)18-23/h19-20,22-24,26H,3-18H2,1-2H3. The fourth-order valence-corrected chi connectivity index (χ4v) is 3.37. The Kier molecular flexibility index (Phi) is 17.6. The van der Waals surface area contributed by atoms with Crippen molar-refractivity contribution in [1.82, 2.24) is 0 Å². The maximum absolute atomic E-state index is 11.9. The molecule has 0 fully saturated rings. The Labute approximate surface area is 161 Å². The minimum Gasteiger partial charge on any atom is -0.394 e. The molecule has 0 rings (SSSR count). The minimum absolute atomic E-state index is 0.261. The quantitative estimate of drug-likeness (QED) is 0.285. The first-order valence-corrected chi connectivity index (χ1v) is 11.0. The van der Waals surface area contributed by atoms with E-state index < -0.39 is 18.8 Å². The third-order valence-corrected chi connectivity index (χ3v) is 5.32. The number of hydrogen-bond acceptors (Lipinski definition) is 4. The van der Waals surface area contributed by atoms with Gasteiger partial charge in [0.05, 0.1) is 6.61 Å². The van der Waals surface area contributed by atoms with Crippen LogP contribution >= 0.6 is 0 Å². The maximum atomic E-state index is 11.9. The zero-order valence-electron chi connectivity index (χ0n) is 17.3. The van der Waals surface area contributed by atoms with E-state index in [-0.39, 0.29) is 11.7 Å². The molecule has 3 N–H and O–H groups in total. The van der Waals surface area contributed by atoms with Gasteiger partial charge in [-0.1, -0.05) is 104 Å². The van der Waals surface area contributed by atoms with Gasteiger partial charge >= 0.3 is 0 Å². The number of rotatable bonds is 19. The molecule has 0 aliphatic rings. The maximum Gasteiger partial charge on any atom is 0.166 e. The SMILES string of the molecule is CCCCCCCCCCCCCCCCC(C)C(=O)C(O)C(O)CO. The van der Waals surface area contributed by atoms with Crippen LogP contribution in [0.4, 0.5) is 0 Å². The second-order valence-electron chi connectivity index (χ2n) is 7.88. The van der Waals surface area contributed by atoms with E-state index in [0.29, 0.717) is 0 Å². The van der Waals surface area contributed by atoms with Crippen LogP contribution in [-0.2, 0) is 4.79 Å². The van der Waals surface area contributed by atoms with Crippen molar-refractivity contribution >= 4 is 5.78 Å². The number of aliphatic hydroxyl groups excluding tert-OH is 3. The lowest BCUT2D eigenvalue weighted by Gasteiger charge is -2.18. The lowest BCUT2D eigenvalue weighted by atomic mass is 9.93. The highest BCUT2D eigenvalue weighted by molar-refractivity contribution is 5.85. The molecule has 156 valence electrons. The van der Waals surface area contributed by atoms with Gasteiger partial charge < -0.3 is 15.3 Å². The molecule has 0 radical (unpaired) electrons. The summed E-state index contributed by atoms with van der Waals surface area (Å²) in [6.45, 7) is 3.46. The van der Waals surface area contributed by atoms with Gasteiger partial charge in [0.25, 0.3) is 0 Å². The van der Waals surface area contributed by atoms with Crippen molar-refractivity contribution in [3.63, 3.8) is 0 Å². The van der Waals surface area contributed by atoms with E-state index in [9.17, 15) is 15.0 Å². The monoisotopic (exact) mass is 372 g/mol. The van der Waals surface area contributed by atoms with Gasteiger partial charge in [0, 0.05) is 5.92 Å². The second-order valence-corrected chi connectivity index (χ2v) is 7.88. The van der Waals surface area contributed by atoms with Gasteiger partial charge in [-0.3, -0.25) is 4.79 Å². The number of carbonyl (C=O) groups excluding carboxylic acids is 1. The molecule has 0 heterocycles. The van der Waals surface area contributed by atoms with Crippen molar-refractivity contribution in [3.8, 4) is 0 Å². The van der Waals surface area contributed by atoms with E-state index in [2.05, 4.69) is 6.92 Å². The van der Waals surface area contributed by atoms with E-state index in [4.69, 9.17) is 5.11 Å². The van der Waals surface area contributed by atoms with Crippen LogP contribution in [-0.4, -0.2) is 39.9 Å². The van der Waals surface area contributed by atoms with E-state index in [1.165, 1.54) is 77.0 Å². The fourth-order valence-electron chi connectivity index (χ4n) is 3.37. The predicted octanol–water partition coefficient (Wildman–Crippen LogP) is 4.78. The molecule has 0 bridgehead atoms. The summed E-state index contributed by atoms with van der Waals surface area (Å²) >= 11 is 0. The van der Waals surface area contributed by atoms with Crippen molar-refractivity contribution < 1.29 is 20.1 Å². The van der Waals surface area contributed by atoms with E-state index in [1.54, 1.807) is 6.92 Å². The van der Waals surface area contributed by atoms with Crippen LogP contribution in [0.15, 0.2) is 0 Å². The normalized spacial score (nSPS) is 15.0. The number of hydrogen-bond donors (Lipinski definition) is 3. The number of unbranched alkanes of at least 4 members (excludes halogenated alkanes) is 13. The Morgan fingerprint density at radius 3 is 1.50 bits per heavy atom. The third-order valence-electron chi connectivity index (χ3n) is 5.32. The topological polar surface area (TPSA) is 77.8 Å². The van der Waals surface area contributed by atoms with Gasteiger partial charge in [0.15, 0.2) is 5.78 Å². The average Bonchev–Trinajstić information content (AvgIpc) is 2.66. The summed E-state index contributed by atoms with van der Waals surface area (Å²) in [6, 6.07) is 0. The minimum atomic E-state index is -1.46. The van der Waals surface area contributed by atoms with Gasteiger partial charge in [-0.05, 0) is 6.42 Å². The van der Waals surface area contributed by atoms with Gasteiger partial charge in [-0.15, -0.1) is 0 Å². The van der Waals surface area contributed by atoms with E-state index in [0.717, 1.165) is 19.3 Å². The molecule has 0 amide bonds. The zero-order valence-corrected chi connectivity index (χ0v) is 17.3. The lowest BCUT2D eigenvalue weighted by Crippen LogP contribution is -2.39. The summed E-state index contributed by atoms with van der Waals surface area (Å²) in [4.78, 5) is 11.9. The highest BCUT2D eigenvalue weighted by atomic mass is 16.4. The second kappa shape index (κ2) is 17.9. The number of Topliss-reactive ketones (excluding diaryl/α,β-unsaturated/α-hetero) is 1. The first-order valence-electron chi connectivity index (χ1n) is 11.0. The smallest absolute Gasteiger partial charge is 0.166 e. The van der Waals surface area contributed by atoms with Crippen LogP contribution in [0, 0.1) is 5.92 Å². The van der Waals surface area contributed by atoms with Crippen molar-refractivity contribution in [2.75, 3.05) is 6.61 Å². The average molecular weight is 373 g/mol. The molecule has 0 aliphatic carbocycles. The summed E-state index contributed by atoms with van der Waals surface area (Å²) in [7, 11) is 0. The van der Waals surface area contributed by atoms with Crippen molar-refractivity contribution in [2.45, 2.75) is 122 Å². The summed E-state index contributed by atoms with van der Waals surface area (Å²) in [5.41, 5.74) is 0. The molecule has 0 aromatic carbocycles. The Hall–Kier alpha value is -0.450. The van der Waals surface area contributed by atoms with Crippen molar-refractivity contribution in [3.05, 3.63) is 0 Å². The van der Waals surface area contributed by atoms with Crippen LogP contribution in [0.2, 0.25) is 0 Å². The Morgan fingerprint density at radius 2 is 1.12 bits per heavy atom. The predicted molar refractivity (Wildman–Crippen MR) is 108 cm³/mol. The summed E-state index contributed by atoms with van der Waals surface area (Å²) < 4.78 is 0. The fraction of sp³-hybridized carbons (Fsp3) is 0.955. The molecule has 0 spiro atoms. The molecule has 4 heteroatoms. The lowest BCUT2D eigenvalue weighted by molar-refractivity contribution is -0.138. The molecular formula is C22H44O4. The number of ketones is 1. The summed E-state index contributed by atoms with van der Waals surface area (Å²) in [5, 5.41) is 27.7. The molecule has 3 unspecified atom stereocenters. The van der Waals surface area contributed by atoms with E-state index >= 15 is 0 Å². The Balaban J connectivity index is 3.39. The van der Waals surface area contributed by atoms with Gasteiger partial charge in [-0.25, -0.2) is 0 Å². The van der Waals surface area contributed by atoms with Crippen LogP contribution in [0.25, 0.3) is 0 Å². The summed E-state index contributed by atoms with van der Waals surface area (Å²) in [5.74, 6) is -0.621. The highest BCUT2D eigenvalue weighted by Crippen LogP contribution is 2.16. The van der Waals surface area contributed by atoms with Crippen LogP contribution < -0.4 is 0 Å². The number of aliphatic hydroxyl groups is 3. The van der Waals surface area contributed by atoms with Crippen LogP contribution in [0.5, 0.6) is 0 Å². The molecule has 0 saturated carbocycles. The molecule has 0 aromatic rings. The zero-order chi connectivity index (χ0) is 19.6. The number of carbonyl (C=O) groups is 1. The Bertz CT molecular complexity index is 319. The molecular weight excluding hydrogens is 328 g/mol. The largest absolute Gasteiger partial charge is 0.394 e. The van der Waals surface area contributed by atoms with Gasteiger partial charge in [0.2, 0.25) is 0 Å². The van der Waals surface area contributed by atoms with Gasteiger partial charge in [-0.2, -0.15) is 0 Å². The van der Waals surface area contributed by atoms with Crippen LogP contribution in [0.1, 0.15) is 110 Å². The van der Waals surface area contributed by atoms with Crippen molar-refractivity contribution in [2.24, 2.45) is 5.92 Å². The molecule has 3 atom stereocenters. The Morgan fingerprint density at radius 1 is 0.731 bits per heavy atom. The summed E-state index contributed by atoms with van der Waals surface area (Å²) in [6.07, 6.45) is 16.2. The first-order chi connectivity index (χ1) is 12.5. The molecule has 0 aromatic heterocycles. The van der Waals surface area contributed by atoms with Gasteiger partial charge in [0.1, 0.15) is 12.2 Å². The molecule has 0 saturated heterocycles. The third kappa shape index (κ3) is 13.7. The van der Waals surface area contributed by atoms with E-state index in [1.807, 2.05) is 0 Å². The highest BCUT2D eigenvalue weighted by Gasteiger charge is 2.27. The van der Waals surface area contributed by atoms with Crippen LogP contribution in [0.3, 0.4) is 0 Å². The molecule has 26 heavy (non-hydrogen) atoms. The van der Waals surface area contributed by atoms with Crippen molar-refractivity contribution in [1.29, 1.82) is 0 Å².